The second-order valence-corrected chi connectivity index (χ2v) is 8.34. The van der Waals surface area contributed by atoms with Gasteiger partial charge in [-0.1, -0.05) is 60.7 Å². The smallest absolute Gasteiger partial charge is 0.266 e. The summed E-state index contributed by atoms with van der Waals surface area (Å²) in [5.74, 6) is 0.146. The van der Waals surface area contributed by atoms with Crippen LogP contribution in [0.15, 0.2) is 96.6 Å². The number of nitrogens with zero attached hydrogens (tertiary/aromatic N) is 1. The standard InChI is InChI=1S/C27H19IN2O2/c28-23-12-14-24(15-13-23)30-27(31)22(17-29)16-20-7-2-4-11-26(20)32-18-21-9-5-8-19-6-1-3-10-25(19)21/h1-16H,18H2,(H,30,31)/b22-16+. The molecule has 1 N–H and O–H groups in total. The Bertz CT molecular complexity index is 1330. The lowest BCUT2D eigenvalue weighted by atomic mass is 10.1. The second kappa shape index (κ2) is 10.1. The number of hydrogen-bond acceptors (Lipinski definition) is 3. The van der Waals surface area contributed by atoms with Gasteiger partial charge in [-0.2, -0.15) is 5.26 Å². The van der Waals surface area contributed by atoms with Crippen molar-refractivity contribution in [1.29, 1.82) is 5.26 Å². The number of hydrogen-bond donors (Lipinski definition) is 1. The van der Waals surface area contributed by atoms with E-state index in [-0.39, 0.29) is 5.57 Å². The molecule has 0 fully saturated rings. The van der Waals surface area contributed by atoms with Crippen molar-refractivity contribution in [2.24, 2.45) is 0 Å². The lowest BCUT2D eigenvalue weighted by Gasteiger charge is -2.12. The van der Waals surface area contributed by atoms with Crippen molar-refractivity contribution in [3.05, 3.63) is 111 Å². The number of carbonyl (C=O) groups is 1. The van der Waals surface area contributed by atoms with Gasteiger partial charge in [0.25, 0.3) is 5.91 Å². The van der Waals surface area contributed by atoms with Gasteiger partial charge in [-0.3, -0.25) is 4.79 Å². The monoisotopic (exact) mass is 530 g/mol. The molecule has 0 aliphatic carbocycles. The summed E-state index contributed by atoms with van der Waals surface area (Å²) in [6.07, 6.45) is 1.56. The van der Waals surface area contributed by atoms with E-state index < -0.39 is 5.91 Å². The lowest BCUT2D eigenvalue weighted by molar-refractivity contribution is -0.112. The number of halogens is 1. The number of para-hydroxylation sites is 1. The van der Waals surface area contributed by atoms with Gasteiger partial charge in [0.1, 0.15) is 24.0 Å². The molecule has 0 radical (unpaired) electrons. The molecule has 0 saturated carbocycles. The van der Waals surface area contributed by atoms with E-state index >= 15 is 0 Å². The molecule has 0 spiro atoms. The molecule has 4 nitrogen and oxygen atoms in total. The topological polar surface area (TPSA) is 62.1 Å². The first-order valence-electron chi connectivity index (χ1n) is 10.0. The Hall–Kier alpha value is -3.63. The summed E-state index contributed by atoms with van der Waals surface area (Å²) < 4.78 is 7.17. The molecule has 0 atom stereocenters. The van der Waals surface area contributed by atoms with Crippen molar-refractivity contribution in [2.75, 3.05) is 5.32 Å². The van der Waals surface area contributed by atoms with Crippen molar-refractivity contribution in [3.63, 3.8) is 0 Å². The largest absolute Gasteiger partial charge is 0.488 e. The van der Waals surface area contributed by atoms with Crippen molar-refractivity contribution >= 4 is 51.0 Å². The zero-order valence-corrected chi connectivity index (χ0v) is 19.2. The number of amides is 1. The van der Waals surface area contributed by atoms with Crippen LogP contribution in [0.5, 0.6) is 5.75 Å². The van der Waals surface area contributed by atoms with Crippen LogP contribution in [0.2, 0.25) is 0 Å². The second-order valence-electron chi connectivity index (χ2n) is 7.10. The van der Waals surface area contributed by atoms with E-state index in [2.05, 4.69) is 46.1 Å². The molecule has 32 heavy (non-hydrogen) atoms. The highest BCUT2D eigenvalue weighted by Crippen LogP contribution is 2.25. The Morgan fingerprint density at radius 2 is 1.66 bits per heavy atom. The predicted molar refractivity (Wildman–Crippen MR) is 136 cm³/mol. The molecule has 0 aliphatic heterocycles. The number of ether oxygens (including phenoxy) is 1. The molecule has 0 heterocycles. The minimum Gasteiger partial charge on any atom is -0.488 e. The first kappa shape index (κ1) is 21.6. The molecule has 4 aromatic rings. The van der Waals surface area contributed by atoms with Crippen molar-refractivity contribution < 1.29 is 9.53 Å². The van der Waals surface area contributed by atoms with Gasteiger partial charge in [-0.05, 0) is 75.3 Å². The number of carbonyl (C=O) groups excluding carboxylic acids is 1. The molecule has 0 aliphatic rings. The van der Waals surface area contributed by atoms with Crippen LogP contribution in [0, 0.1) is 14.9 Å². The molecular formula is C27H19IN2O2. The Balaban J connectivity index is 1.55. The summed E-state index contributed by atoms with van der Waals surface area (Å²) in [5.41, 5.74) is 2.38. The summed E-state index contributed by atoms with van der Waals surface area (Å²) in [6, 6.07) is 31.0. The van der Waals surface area contributed by atoms with Crippen molar-refractivity contribution in [3.8, 4) is 11.8 Å². The van der Waals surface area contributed by atoms with Gasteiger partial charge >= 0.3 is 0 Å². The summed E-state index contributed by atoms with van der Waals surface area (Å²) >= 11 is 2.20. The highest BCUT2D eigenvalue weighted by atomic mass is 127. The maximum absolute atomic E-state index is 12.6. The number of benzene rings is 4. The van der Waals surface area contributed by atoms with E-state index in [9.17, 15) is 10.1 Å². The molecule has 0 saturated heterocycles. The van der Waals surface area contributed by atoms with Crippen LogP contribution in [-0.4, -0.2) is 5.91 Å². The number of nitrogens with one attached hydrogen (secondary N) is 1. The molecule has 4 aromatic carbocycles. The number of nitriles is 1. The minimum absolute atomic E-state index is 0.00441. The number of anilines is 1. The average molecular weight is 530 g/mol. The number of rotatable bonds is 6. The summed E-state index contributed by atoms with van der Waals surface area (Å²) in [5, 5.41) is 14.6. The maximum Gasteiger partial charge on any atom is 0.266 e. The fourth-order valence-electron chi connectivity index (χ4n) is 3.34. The highest BCUT2D eigenvalue weighted by molar-refractivity contribution is 14.1. The highest BCUT2D eigenvalue weighted by Gasteiger charge is 2.12. The summed E-state index contributed by atoms with van der Waals surface area (Å²) in [4.78, 5) is 12.6. The van der Waals surface area contributed by atoms with E-state index in [1.807, 2.05) is 66.7 Å². The zero-order valence-electron chi connectivity index (χ0n) is 17.1. The van der Waals surface area contributed by atoms with E-state index in [0.717, 1.165) is 19.9 Å². The van der Waals surface area contributed by atoms with Crippen LogP contribution < -0.4 is 10.1 Å². The zero-order chi connectivity index (χ0) is 22.3. The van der Waals surface area contributed by atoms with Crippen LogP contribution in [-0.2, 0) is 11.4 Å². The van der Waals surface area contributed by atoms with Crippen molar-refractivity contribution in [1.82, 2.24) is 0 Å². The van der Waals surface area contributed by atoms with Gasteiger partial charge in [0.15, 0.2) is 0 Å². The van der Waals surface area contributed by atoms with E-state index in [4.69, 9.17) is 4.74 Å². The fraction of sp³-hybridized carbons (Fsp3) is 0.0370. The number of fused-ring (bicyclic) bond motifs is 1. The van der Waals surface area contributed by atoms with Gasteiger partial charge in [-0.15, -0.1) is 0 Å². The quantitative estimate of drug-likeness (QED) is 0.174. The summed E-state index contributed by atoms with van der Waals surface area (Å²) in [7, 11) is 0. The normalized spacial score (nSPS) is 11.1. The summed E-state index contributed by atoms with van der Waals surface area (Å²) in [6.45, 7) is 0.378. The molecule has 5 heteroatoms. The Labute approximate surface area is 200 Å². The molecule has 0 unspecified atom stereocenters. The van der Waals surface area contributed by atoms with Crippen LogP contribution in [0.3, 0.4) is 0 Å². The molecule has 1 amide bonds. The predicted octanol–water partition coefficient (Wildman–Crippen LogP) is 6.57. The van der Waals surface area contributed by atoms with E-state index in [1.165, 1.54) is 0 Å². The van der Waals surface area contributed by atoms with Gasteiger partial charge in [0.05, 0.1) is 0 Å². The van der Waals surface area contributed by atoms with Crippen LogP contribution in [0.1, 0.15) is 11.1 Å². The third-order valence-corrected chi connectivity index (χ3v) is 5.67. The van der Waals surface area contributed by atoms with E-state index in [1.54, 1.807) is 18.2 Å². The van der Waals surface area contributed by atoms with Gasteiger partial charge in [0.2, 0.25) is 0 Å². The lowest BCUT2D eigenvalue weighted by Crippen LogP contribution is -2.13. The fourth-order valence-corrected chi connectivity index (χ4v) is 3.70. The van der Waals surface area contributed by atoms with Gasteiger partial charge < -0.3 is 10.1 Å². The third-order valence-electron chi connectivity index (χ3n) is 4.95. The van der Waals surface area contributed by atoms with Gasteiger partial charge in [-0.25, -0.2) is 0 Å². The Morgan fingerprint density at radius 1 is 0.938 bits per heavy atom. The maximum atomic E-state index is 12.6. The Kier molecular flexibility index (Phi) is 6.83. The van der Waals surface area contributed by atoms with Crippen LogP contribution >= 0.6 is 22.6 Å². The molecule has 4 rings (SSSR count). The first-order valence-corrected chi connectivity index (χ1v) is 11.1. The van der Waals surface area contributed by atoms with Crippen LogP contribution in [0.25, 0.3) is 16.8 Å². The molecule has 0 aromatic heterocycles. The molecule has 0 bridgehead atoms. The van der Waals surface area contributed by atoms with Crippen molar-refractivity contribution in [2.45, 2.75) is 6.61 Å². The SMILES string of the molecule is N#C/C(=C\c1ccccc1OCc1cccc2ccccc12)C(=O)Nc1ccc(I)cc1. The Morgan fingerprint density at radius 3 is 2.47 bits per heavy atom. The molecule has 156 valence electrons. The third kappa shape index (κ3) is 5.16. The van der Waals surface area contributed by atoms with E-state index in [0.29, 0.717) is 23.6 Å². The first-order chi connectivity index (χ1) is 15.6. The van der Waals surface area contributed by atoms with Crippen LogP contribution in [0.4, 0.5) is 5.69 Å². The average Bonchev–Trinajstić information content (AvgIpc) is 2.83. The minimum atomic E-state index is -0.461. The van der Waals surface area contributed by atoms with Gasteiger partial charge in [0, 0.05) is 14.8 Å². The molecular weight excluding hydrogens is 511 g/mol.